The van der Waals surface area contributed by atoms with Crippen LogP contribution in [0.5, 0.6) is 0 Å². The first-order valence-electron chi connectivity index (χ1n) is 4.45. The second kappa shape index (κ2) is 4.44. The van der Waals surface area contributed by atoms with E-state index in [4.69, 9.17) is 0 Å². The molecule has 0 unspecified atom stereocenters. The van der Waals surface area contributed by atoms with Crippen LogP contribution >= 0.6 is 11.8 Å². The molecule has 0 bridgehead atoms. The summed E-state index contributed by atoms with van der Waals surface area (Å²) in [7, 11) is 0. The normalized spacial score (nSPS) is 14.8. The van der Waals surface area contributed by atoms with Crippen molar-refractivity contribution in [1.29, 1.82) is 0 Å². The van der Waals surface area contributed by atoms with Gasteiger partial charge in [0.1, 0.15) is 5.82 Å². The Balaban J connectivity index is 2.33. The lowest BCUT2D eigenvalue weighted by Crippen LogP contribution is -2.25. The van der Waals surface area contributed by atoms with E-state index in [0.29, 0.717) is 12.1 Å². The molecule has 0 N–H and O–H groups in total. The Morgan fingerprint density at radius 2 is 2.31 bits per heavy atom. The number of carbonyl (C=O) groups is 2. The summed E-state index contributed by atoms with van der Waals surface area (Å²) in [5.41, 5.74) is 0.357. The lowest BCUT2D eigenvalue weighted by atomic mass is 10.3. The van der Waals surface area contributed by atoms with E-state index >= 15 is 0 Å². The van der Waals surface area contributed by atoms with Gasteiger partial charge in [0.05, 0.1) is 11.4 Å². The maximum absolute atomic E-state index is 13.0. The molecule has 0 saturated carbocycles. The molecule has 1 aromatic rings. The second-order valence-electron chi connectivity index (χ2n) is 3.03. The van der Waals surface area contributed by atoms with Crippen LogP contribution < -0.4 is 4.90 Å². The van der Waals surface area contributed by atoms with E-state index in [-0.39, 0.29) is 16.8 Å². The van der Waals surface area contributed by atoms with Gasteiger partial charge in [-0.05, 0) is 18.2 Å². The van der Waals surface area contributed by atoms with Gasteiger partial charge in [-0.25, -0.2) is 4.39 Å². The molecule has 82 valence electrons. The van der Waals surface area contributed by atoms with Crippen molar-refractivity contribution in [1.82, 2.24) is 0 Å². The van der Waals surface area contributed by atoms with E-state index < -0.39 is 5.82 Å². The average Bonchev–Trinajstić information content (AvgIpc) is 2.66. The van der Waals surface area contributed by atoms with Crippen LogP contribution in [-0.4, -0.2) is 23.2 Å². The first kappa shape index (κ1) is 10.8. The summed E-state index contributed by atoms with van der Waals surface area (Å²) in [6, 6.07) is 5.55. The molecule has 0 saturated heterocycles. The quantitative estimate of drug-likeness (QED) is 0.732. The van der Waals surface area contributed by atoms with E-state index in [1.54, 1.807) is 6.07 Å². The molecular weight excluding hydrogens is 231 g/mol. The second-order valence-corrected chi connectivity index (χ2v) is 3.97. The highest BCUT2D eigenvalue weighted by atomic mass is 32.2. The van der Waals surface area contributed by atoms with Crippen LogP contribution in [-0.2, 0) is 9.59 Å². The summed E-state index contributed by atoms with van der Waals surface area (Å²) in [5, 5.41) is 0.283. The smallest absolute Gasteiger partial charge is 0.258 e. The maximum atomic E-state index is 13.0. The fourth-order valence-corrected chi connectivity index (χ4v) is 2.03. The molecule has 2 rings (SSSR count). The Hall–Kier alpha value is -1.69. The lowest BCUT2D eigenvalue weighted by Gasteiger charge is -2.15. The van der Waals surface area contributed by atoms with E-state index in [9.17, 15) is 14.0 Å². The monoisotopic (exact) mass is 238 g/mol. The van der Waals surface area contributed by atoms with Crippen molar-refractivity contribution >= 4 is 34.9 Å². The van der Waals surface area contributed by atoms with Crippen LogP contribution in [0.2, 0.25) is 0 Å². The number of halogens is 1. The van der Waals surface area contributed by atoms with Crippen molar-refractivity contribution in [3.05, 3.63) is 30.1 Å². The van der Waals surface area contributed by atoms with E-state index in [1.165, 1.54) is 18.2 Å². The van der Waals surface area contributed by atoms with Crippen LogP contribution in [0, 0.1) is 5.82 Å². The van der Waals surface area contributed by atoms with Gasteiger partial charge >= 0.3 is 0 Å². The van der Waals surface area contributed by atoms with Crippen molar-refractivity contribution in [2.24, 2.45) is 4.99 Å². The fourth-order valence-electron chi connectivity index (χ4n) is 1.26. The molecule has 0 aromatic heterocycles. The molecule has 1 aromatic carbocycles. The summed E-state index contributed by atoms with van der Waals surface area (Å²) >= 11 is 1.16. The van der Waals surface area contributed by atoms with Crippen LogP contribution in [0.3, 0.4) is 0 Å². The SMILES string of the molecule is O=CN(C1=NC(=O)CS1)c1cccc(F)c1. The third-order valence-corrected chi connectivity index (χ3v) is 2.88. The number of rotatable bonds is 2. The van der Waals surface area contributed by atoms with Crippen molar-refractivity contribution < 1.29 is 14.0 Å². The highest BCUT2D eigenvalue weighted by molar-refractivity contribution is 8.15. The minimum atomic E-state index is -0.445. The molecular formula is C10H7FN2O2S. The highest BCUT2D eigenvalue weighted by Gasteiger charge is 2.21. The Bertz CT molecular complexity index is 476. The summed E-state index contributed by atoms with van der Waals surface area (Å²) in [4.78, 5) is 26.7. The molecule has 0 aliphatic carbocycles. The minimum Gasteiger partial charge on any atom is -0.278 e. The van der Waals surface area contributed by atoms with Crippen LogP contribution in [0.25, 0.3) is 0 Å². The third kappa shape index (κ3) is 2.11. The number of thioether (sulfide) groups is 1. The van der Waals surface area contributed by atoms with Gasteiger partial charge in [-0.1, -0.05) is 17.8 Å². The zero-order chi connectivity index (χ0) is 11.5. The molecule has 16 heavy (non-hydrogen) atoms. The van der Waals surface area contributed by atoms with Crippen LogP contribution in [0.15, 0.2) is 29.3 Å². The molecule has 4 nitrogen and oxygen atoms in total. The number of amides is 2. The van der Waals surface area contributed by atoms with Gasteiger partial charge in [-0.3, -0.25) is 14.5 Å². The standard InChI is InChI=1S/C10H7FN2O2S/c11-7-2-1-3-8(4-7)13(6-14)10-12-9(15)5-16-10/h1-4,6H,5H2. The number of hydrogen-bond acceptors (Lipinski definition) is 3. The fraction of sp³-hybridized carbons (Fsp3) is 0.100. The first-order valence-corrected chi connectivity index (χ1v) is 5.43. The molecule has 0 spiro atoms. The number of amidine groups is 1. The Morgan fingerprint density at radius 3 is 2.88 bits per heavy atom. The zero-order valence-corrected chi connectivity index (χ0v) is 8.91. The maximum Gasteiger partial charge on any atom is 0.258 e. The molecule has 1 aliphatic rings. The summed E-state index contributed by atoms with van der Waals surface area (Å²) in [6.45, 7) is 0. The van der Waals surface area contributed by atoms with E-state index in [0.717, 1.165) is 16.7 Å². The molecule has 1 aliphatic heterocycles. The Labute approximate surface area is 95.2 Å². The lowest BCUT2D eigenvalue weighted by molar-refractivity contribution is -0.115. The molecule has 0 radical (unpaired) electrons. The average molecular weight is 238 g/mol. The molecule has 1 heterocycles. The highest BCUT2D eigenvalue weighted by Crippen LogP contribution is 2.22. The van der Waals surface area contributed by atoms with Crippen molar-refractivity contribution in [2.75, 3.05) is 10.7 Å². The molecule has 2 amide bonds. The number of anilines is 1. The number of aliphatic imine (C=N–C) groups is 1. The summed E-state index contributed by atoms with van der Waals surface area (Å²) in [5.74, 6) is -0.517. The van der Waals surface area contributed by atoms with Gasteiger partial charge in [0, 0.05) is 0 Å². The largest absolute Gasteiger partial charge is 0.278 e. The van der Waals surface area contributed by atoms with Crippen LogP contribution in [0.4, 0.5) is 10.1 Å². The number of benzene rings is 1. The minimum absolute atomic E-state index is 0.217. The number of carbonyl (C=O) groups excluding carboxylic acids is 2. The van der Waals surface area contributed by atoms with Gasteiger partial charge in [0.15, 0.2) is 5.17 Å². The number of hydrogen-bond donors (Lipinski definition) is 0. The van der Waals surface area contributed by atoms with Gasteiger partial charge in [0.25, 0.3) is 5.91 Å². The molecule has 0 atom stereocenters. The zero-order valence-electron chi connectivity index (χ0n) is 8.09. The van der Waals surface area contributed by atoms with E-state index in [2.05, 4.69) is 4.99 Å². The Kier molecular flexibility index (Phi) is 3.00. The number of nitrogens with zero attached hydrogens (tertiary/aromatic N) is 2. The van der Waals surface area contributed by atoms with Crippen molar-refractivity contribution in [3.8, 4) is 0 Å². The molecule has 0 fully saturated rings. The van der Waals surface area contributed by atoms with Gasteiger partial charge in [0.2, 0.25) is 6.41 Å². The summed E-state index contributed by atoms with van der Waals surface area (Å²) < 4.78 is 13.0. The van der Waals surface area contributed by atoms with Gasteiger partial charge < -0.3 is 0 Å². The first-order chi connectivity index (χ1) is 7.70. The summed E-state index contributed by atoms with van der Waals surface area (Å²) in [6.07, 6.45) is 0.513. The van der Waals surface area contributed by atoms with Crippen molar-refractivity contribution in [3.63, 3.8) is 0 Å². The van der Waals surface area contributed by atoms with Crippen LogP contribution in [0.1, 0.15) is 0 Å². The topological polar surface area (TPSA) is 49.7 Å². The third-order valence-electron chi connectivity index (χ3n) is 1.94. The van der Waals surface area contributed by atoms with Gasteiger partial charge in [-0.15, -0.1) is 0 Å². The van der Waals surface area contributed by atoms with E-state index in [1.807, 2.05) is 0 Å². The van der Waals surface area contributed by atoms with Gasteiger partial charge in [-0.2, -0.15) is 4.99 Å². The van der Waals surface area contributed by atoms with Crippen molar-refractivity contribution in [2.45, 2.75) is 0 Å². The molecule has 6 heteroatoms. The predicted molar refractivity (Wildman–Crippen MR) is 59.8 cm³/mol. The Morgan fingerprint density at radius 1 is 1.50 bits per heavy atom. The predicted octanol–water partition coefficient (Wildman–Crippen LogP) is 1.42.